The standard InChI is InChI=1S/C15H20O2/c1-2-6-13-11-14(9-8-12(13)5-1)17-15-7-3-4-10-16-15/h8-9,11,15H,1-7,10H2. The molecule has 1 saturated heterocycles. The summed E-state index contributed by atoms with van der Waals surface area (Å²) in [5, 5.41) is 0. The molecule has 0 N–H and O–H groups in total. The molecule has 1 atom stereocenters. The maximum absolute atomic E-state index is 5.90. The minimum absolute atomic E-state index is 0.0228. The molecule has 1 aliphatic heterocycles. The third-order valence-corrected chi connectivity index (χ3v) is 3.73. The van der Waals surface area contributed by atoms with Gasteiger partial charge in [0.2, 0.25) is 0 Å². The summed E-state index contributed by atoms with van der Waals surface area (Å²) in [6, 6.07) is 6.54. The minimum atomic E-state index is -0.0228. The molecule has 17 heavy (non-hydrogen) atoms. The van der Waals surface area contributed by atoms with Crippen molar-refractivity contribution in [1.29, 1.82) is 0 Å². The normalized spacial score (nSPS) is 24.1. The van der Waals surface area contributed by atoms with Gasteiger partial charge in [0.1, 0.15) is 5.75 Å². The van der Waals surface area contributed by atoms with Gasteiger partial charge < -0.3 is 9.47 Å². The highest BCUT2D eigenvalue weighted by molar-refractivity contribution is 5.37. The maximum atomic E-state index is 5.90. The monoisotopic (exact) mass is 232 g/mol. The van der Waals surface area contributed by atoms with Crippen molar-refractivity contribution in [2.45, 2.75) is 51.2 Å². The second-order valence-electron chi connectivity index (χ2n) is 5.05. The predicted molar refractivity (Wildman–Crippen MR) is 67.3 cm³/mol. The van der Waals surface area contributed by atoms with Gasteiger partial charge in [0.05, 0.1) is 6.61 Å². The van der Waals surface area contributed by atoms with Crippen molar-refractivity contribution < 1.29 is 9.47 Å². The molecule has 2 aliphatic rings. The SMILES string of the molecule is c1cc2c(cc1OC1CCCCO1)CCCC2. The topological polar surface area (TPSA) is 18.5 Å². The average molecular weight is 232 g/mol. The van der Waals surface area contributed by atoms with Crippen LogP contribution in [0, 0.1) is 0 Å². The van der Waals surface area contributed by atoms with Crippen LogP contribution >= 0.6 is 0 Å². The lowest BCUT2D eigenvalue weighted by atomic mass is 9.92. The molecule has 1 aromatic carbocycles. The number of benzene rings is 1. The lowest BCUT2D eigenvalue weighted by Crippen LogP contribution is -2.25. The number of hydrogen-bond donors (Lipinski definition) is 0. The molecule has 0 bridgehead atoms. The molecule has 0 aromatic heterocycles. The van der Waals surface area contributed by atoms with Crippen molar-refractivity contribution >= 4 is 0 Å². The van der Waals surface area contributed by atoms with E-state index >= 15 is 0 Å². The van der Waals surface area contributed by atoms with Crippen molar-refractivity contribution in [2.24, 2.45) is 0 Å². The summed E-state index contributed by atoms with van der Waals surface area (Å²) in [4.78, 5) is 0. The van der Waals surface area contributed by atoms with Gasteiger partial charge in [-0.3, -0.25) is 0 Å². The summed E-state index contributed by atoms with van der Waals surface area (Å²) in [5.74, 6) is 0.984. The van der Waals surface area contributed by atoms with E-state index in [4.69, 9.17) is 9.47 Å². The lowest BCUT2D eigenvalue weighted by Gasteiger charge is -2.24. The van der Waals surface area contributed by atoms with Crippen molar-refractivity contribution in [1.82, 2.24) is 0 Å². The number of ether oxygens (including phenoxy) is 2. The van der Waals surface area contributed by atoms with E-state index in [1.807, 2.05) is 0 Å². The zero-order valence-corrected chi connectivity index (χ0v) is 10.3. The van der Waals surface area contributed by atoms with Gasteiger partial charge in [0.15, 0.2) is 6.29 Å². The molecule has 1 aliphatic carbocycles. The van der Waals surface area contributed by atoms with Crippen LogP contribution in [-0.4, -0.2) is 12.9 Å². The van der Waals surface area contributed by atoms with Gasteiger partial charge in [-0.25, -0.2) is 0 Å². The van der Waals surface area contributed by atoms with Gasteiger partial charge in [-0.1, -0.05) is 6.07 Å². The molecule has 0 radical (unpaired) electrons. The van der Waals surface area contributed by atoms with Crippen LogP contribution in [-0.2, 0) is 17.6 Å². The van der Waals surface area contributed by atoms with Gasteiger partial charge in [-0.2, -0.15) is 0 Å². The van der Waals surface area contributed by atoms with Crippen LogP contribution in [0.15, 0.2) is 18.2 Å². The Bertz CT molecular complexity index is 381. The fraction of sp³-hybridized carbons (Fsp3) is 0.600. The summed E-state index contributed by atoms with van der Waals surface area (Å²) < 4.78 is 11.5. The molecule has 0 amide bonds. The fourth-order valence-electron chi connectivity index (χ4n) is 2.74. The first kappa shape index (κ1) is 11.1. The molecular formula is C15H20O2. The van der Waals surface area contributed by atoms with Crippen LogP contribution in [0.25, 0.3) is 0 Å². The molecule has 1 unspecified atom stereocenters. The van der Waals surface area contributed by atoms with E-state index in [0.29, 0.717) is 0 Å². The summed E-state index contributed by atoms with van der Waals surface area (Å²) in [6.45, 7) is 0.843. The molecule has 1 fully saturated rings. The van der Waals surface area contributed by atoms with Gasteiger partial charge in [0.25, 0.3) is 0 Å². The average Bonchev–Trinajstić information content (AvgIpc) is 2.40. The van der Waals surface area contributed by atoms with Gasteiger partial charge in [-0.05, 0) is 61.8 Å². The van der Waals surface area contributed by atoms with E-state index in [9.17, 15) is 0 Å². The third-order valence-electron chi connectivity index (χ3n) is 3.73. The van der Waals surface area contributed by atoms with E-state index in [2.05, 4.69) is 18.2 Å². The van der Waals surface area contributed by atoms with E-state index in [1.165, 1.54) is 49.7 Å². The smallest absolute Gasteiger partial charge is 0.199 e. The third kappa shape index (κ3) is 2.63. The number of rotatable bonds is 2. The zero-order valence-electron chi connectivity index (χ0n) is 10.3. The van der Waals surface area contributed by atoms with Crippen LogP contribution < -0.4 is 4.74 Å². The van der Waals surface area contributed by atoms with Crippen LogP contribution in [0.2, 0.25) is 0 Å². The fourth-order valence-corrected chi connectivity index (χ4v) is 2.74. The van der Waals surface area contributed by atoms with Gasteiger partial charge in [0, 0.05) is 6.42 Å². The zero-order chi connectivity index (χ0) is 11.5. The first-order valence-electron chi connectivity index (χ1n) is 6.82. The van der Waals surface area contributed by atoms with Crippen LogP contribution in [0.1, 0.15) is 43.2 Å². The van der Waals surface area contributed by atoms with Crippen molar-refractivity contribution in [3.05, 3.63) is 29.3 Å². The number of fused-ring (bicyclic) bond motifs is 1. The molecule has 0 spiro atoms. The molecule has 92 valence electrons. The summed E-state index contributed by atoms with van der Waals surface area (Å²) in [7, 11) is 0. The first-order chi connectivity index (χ1) is 8.42. The summed E-state index contributed by atoms with van der Waals surface area (Å²) in [6.07, 6.45) is 8.48. The van der Waals surface area contributed by atoms with E-state index in [-0.39, 0.29) is 6.29 Å². The molecule has 2 nitrogen and oxygen atoms in total. The van der Waals surface area contributed by atoms with Crippen LogP contribution in [0.5, 0.6) is 5.75 Å². The van der Waals surface area contributed by atoms with E-state index in [1.54, 1.807) is 0 Å². The maximum Gasteiger partial charge on any atom is 0.199 e. The number of hydrogen-bond acceptors (Lipinski definition) is 2. The Morgan fingerprint density at radius 1 is 1.00 bits per heavy atom. The summed E-state index contributed by atoms with van der Waals surface area (Å²) in [5.41, 5.74) is 2.98. The highest BCUT2D eigenvalue weighted by Gasteiger charge is 2.16. The second kappa shape index (κ2) is 5.09. The highest BCUT2D eigenvalue weighted by atomic mass is 16.7. The second-order valence-corrected chi connectivity index (χ2v) is 5.05. The van der Waals surface area contributed by atoms with Crippen molar-refractivity contribution in [2.75, 3.05) is 6.61 Å². The Kier molecular flexibility index (Phi) is 3.32. The van der Waals surface area contributed by atoms with Gasteiger partial charge in [-0.15, -0.1) is 0 Å². The van der Waals surface area contributed by atoms with Crippen molar-refractivity contribution in [3.63, 3.8) is 0 Å². The van der Waals surface area contributed by atoms with Gasteiger partial charge >= 0.3 is 0 Å². The minimum Gasteiger partial charge on any atom is -0.465 e. The van der Waals surface area contributed by atoms with Crippen LogP contribution in [0.4, 0.5) is 0 Å². The Morgan fingerprint density at radius 2 is 1.88 bits per heavy atom. The first-order valence-corrected chi connectivity index (χ1v) is 6.82. The Labute approximate surface area is 103 Å². The lowest BCUT2D eigenvalue weighted by molar-refractivity contribution is -0.105. The predicted octanol–water partition coefficient (Wildman–Crippen LogP) is 3.47. The van der Waals surface area contributed by atoms with E-state index < -0.39 is 0 Å². The molecule has 1 heterocycles. The summed E-state index contributed by atoms with van der Waals surface area (Å²) >= 11 is 0. The quantitative estimate of drug-likeness (QED) is 0.777. The van der Waals surface area contributed by atoms with Crippen molar-refractivity contribution in [3.8, 4) is 5.75 Å². The Balaban J connectivity index is 1.70. The molecule has 1 aromatic rings. The van der Waals surface area contributed by atoms with E-state index in [0.717, 1.165) is 18.8 Å². The Morgan fingerprint density at radius 3 is 2.71 bits per heavy atom. The molecule has 0 saturated carbocycles. The number of aryl methyl sites for hydroxylation is 2. The highest BCUT2D eigenvalue weighted by Crippen LogP contribution is 2.27. The Hall–Kier alpha value is -1.02. The molecule has 2 heteroatoms. The molecule has 3 rings (SSSR count). The largest absolute Gasteiger partial charge is 0.465 e. The van der Waals surface area contributed by atoms with Crippen LogP contribution in [0.3, 0.4) is 0 Å². The molecular weight excluding hydrogens is 212 g/mol.